The second-order valence-electron chi connectivity index (χ2n) is 3.95. The molecule has 0 heterocycles. The zero-order valence-corrected chi connectivity index (χ0v) is 9.61. The number of phenols is 1. The van der Waals surface area contributed by atoms with Gasteiger partial charge in [-0.1, -0.05) is 24.3 Å². The Morgan fingerprint density at radius 3 is 2.56 bits per heavy atom. The number of anilines is 1. The summed E-state index contributed by atoms with van der Waals surface area (Å²) in [6.07, 6.45) is -2.45. The first kappa shape index (κ1) is 12.4. The van der Waals surface area contributed by atoms with Gasteiger partial charge in [0.15, 0.2) is 0 Å². The fourth-order valence-corrected chi connectivity index (χ4v) is 1.66. The molecule has 2 N–H and O–H groups in total. The Balaban J connectivity index is 2.04. The van der Waals surface area contributed by atoms with Gasteiger partial charge in [-0.3, -0.25) is 0 Å². The zero-order chi connectivity index (χ0) is 13.0. The molecule has 0 bridgehead atoms. The van der Waals surface area contributed by atoms with E-state index in [0.29, 0.717) is 6.54 Å². The summed E-state index contributed by atoms with van der Waals surface area (Å²) in [6, 6.07) is 12.9. The lowest BCUT2D eigenvalue weighted by atomic mass is 10.1. The average molecular weight is 249 g/mol. The van der Waals surface area contributed by atoms with Gasteiger partial charge in [-0.2, -0.15) is 0 Å². The van der Waals surface area contributed by atoms with E-state index in [-0.39, 0.29) is 11.3 Å². The van der Waals surface area contributed by atoms with Gasteiger partial charge >= 0.3 is 0 Å². The molecule has 18 heavy (non-hydrogen) atoms. The standard InChI is InChI=1S/C14H13F2NO/c15-14(16)11-4-1-3-10(7-11)9-17-12-5-2-6-13(18)8-12/h1-8,14,17-18H,9H2. The van der Waals surface area contributed by atoms with E-state index >= 15 is 0 Å². The number of hydrogen-bond acceptors (Lipinski definition) is 2. The monoisotopic (exact) mass is 249 g/mol. The molecule has 0 aliphatic carbocycles. The Morgan fingerprint density at radius 2 is 1.83 bits per heavy atom. The van der Waals surface area contributed by atoms with Gasteiger partial charge in [0.2, 0.25) is 0 Å². The number of nitrogens with one attached hydrogen (secondary N) is 1. The third-order valence-electron chi connectivity index (χ3n) is 2.55. The third-order valence-corrected chi connectivity index (χ3v) is 2.55. The summed E-state index contributed by atoms with van der Waals surface area (Å²) < 4.78 is 25.0. The number of aromatic hydroxyl groups is 1. The van der Waals surface area contributed by atoms with Crippen LogP contribution in [0.4, 0.5) is 14.5 Å². The van der Waals surface area contributed by atoms with E-state index in [9.17, 15) is 13.9 Å². The van der Waals surface area contributed by atoms with Gasteiger partial charge < -0.3 is 10.4 Å². The quantitative estimate of drug-likeness (QED) is 0.860. The predicted molar refractivity (Wildman–Crippen MR) is 66.8 cm³/mol. The molecular formula is C14H13F2NO. The molecule has 2 aromatic carbocycles. The van der Waals surface area contributed by atoms with Crippen molar-refractivity contribution in [2.75, 3.05) is 5.32 Å². The van der Waals surface area contributed by atoms with Gasteiger partial charge in [-0.25, -0.2) is 8.78 Å². The van der Waals surface area contributed by atoms with E-state index in [1.807, 2.05) is 0 Å². The molecule has 0 saturated heterocycles. The highest BCUT2D eigenvalue weighted by Crippen LogP contribution is 2.20. The van der Waals surface area contributed by atoms with Gasteiger partial charge in [0.1, 0.15) is 5.75 Å². The normalized spacial score (nSPS) is 10.6. The predicted octanol–water partition coefficient (Wildman–Crippen LogP) is 3.94. The zero-order valence-electron chi connectivity index (χ0n) is 9.61. The molecule has 2 aromatic rings. The maximum atomic E-state index is 12.5. The van der Waals surface area contributed by atoms with E-state index in [2.05, 4.69) is 5.32 Å². The Hall–Kier alpha value is -2.10. The summed E-state index contributed by atoms with van der Waals surface area (Å²) in [5.41, 5.74) is 1.54. The summed E-state index contributed by atoms with van der Waals surface area (Å²) in [5, 5.41) is 12.4. The van der Waals surface area contributed by atoms with Crippen LogP contribution in [0.3, 0.4) is 0 Å². The van der Waals surface area contributed by atoms with Gasteiger partial charge in [0.25, 0.3) is 6.43 Å². The second-order valence-corrected chi connectivity index (χ2v) is 3.95. The highest BCUT2D eigenvalue weighted by atomic mass is 19.3. The molecule has 0 radical (unpaired) electrons. The Labute approximate surface area is 104 Å². The lowest BCUT2D eigenvalue weighted by Crippen LogP contribution is -1.99. The minimum atomic E-state index is -2.45. The van der Waals surface area contributed by atoms with Gasteiger partial charge in [-0.15, -0.1) is 0 Å². The fraction of sp³-hybridized carbons (Fsp3) is 0.143. The minimum Gasteiger partial charge on any atom is -0.508 e. The van der Waals surface area contributed by atoms with Crippen molar-refractivity contribution in [3.63, 3.8) is 0 Å². The molecule has 0 fully saturated rings. The third kappa shape index (κ3) is 3.20. The smallest absolute Gasteiger partial charge is 0.263 e. The van der Waals surface area contributed by atoms with Crippen molar-refractivity contribution < 1.29 is 13.9 Å². The molecule has 0 saturated carbocycles. The lowest BCUT2D eigenvalue weighted by molar-refractivity contribution is 0.151. The number of hydrogen-bond donors (Lipinski definition) is 2. The van der Waals surface area contributed by atoms with E-state index in [0.717, 1.165) is 11.3 Å². The molecule has 0 aliphatic rings. The molecule has 0 unspecified atom stereocenters. The van der Waals surface area contributed by atoms with Crippen LogP contribution in [0, 0.1) is 0 Å². The molecule has 2 nitrogen and oxygen atoms in total. The number of rotatable bonds is 4. The Bertz CT molecular complexity index is 529. The molecular weight excluding hydrogens is 236 g/mol. The van der Waals surface area contributed by atoms with Crippen LogP contribution in [-0.4, -0.2) is 5.11 Å². The van der Waals surface area contributed by atoms with Crippen molar-refractivity contribution in [1.29, 1.82) is 0 Å². The van der Waals surface area contributed by atoms with Crippen LogP contribution in [-0.2, 0) is 6.54 Å². The van der Waals surface area contributed by atoms with Crippen molar-refractivity contribution >= 4 is 5.69 Å². The lowest BCUT2D eigenvalue weighted by Gasteiger charge is -2.08. The van der Waals surface area contributed by atoms with Crippen molar-refractivity contribution in [3.05, 3.63) is 59.7 Å². The Morgan fingerprint density at radius 1 is 1.06 bits per heavy atom. The SMILES string of the molecule is Oc1cccc(NCc2cccc(C(F)F)c2)c1. The van der Waals surface area contributed by atoms with Crippen LogP contribution < -0.4 is 5.32 Å². The first-order valence-electron chi connectivity index (χ1n) is 5.55. The summed E-state index contributed by atoms with van der Waals surface area (Å²) in [6.45, 7) is 0.435. The van der Waals surface area contributed by atoms with E-state index < -0.39 is 6.43 Å². The summed E-state index contributed by atoms with van der Waals surface area (Å²) in [5.74, 6) is 0.168. The Kier molecular flexibility index (Phi) is 3.77. The summed E-state index contributed by atoms with van der Waals surface area (Å²) >= 11 is 0. The van der Waals surface area contributed by atoms with Crippen LogP contribution in [0.25, 0.3) is 0 Å². The maximum absolute atomic E-state index is 12.5. The molecule has 0 spiro atoms. The van der Waals surface area contributed by atoms with Gasteiger partial charge in [0.05, 0.1) is 0 Å². The van der Waals surface area contributed by atoms with E-state index in [1.165, 1.54) is 12.1 Å². The molecule has 4 heteroatoms. The second kappa shape index (κ2) is 5.49. The topological polar surface area (TPSA) is 32.3 Å². The number of halogens is 2. The maximum Gasteiger partial charge on any atom is 0.263 e. The van der Waals surface area contributed by atoms with Crippen LogP contribution >= 0.6 is 0 Å². The summed E-state index contributed by atoms with van der Waals surface area (Å²) in [4.78, 5) is 0. The summed E-state index contributed by atoms with van der Waals surface area (Å²) in [7, 11) is 0. The first-order chi connectivity index (χ1) is 8.65. The van der Waals surface area contributed by atoms with E-state index in [4.69, 9.17) is 0 Å². The number of phenolic OH excluding ortho intramolecular Hbond substituents is 1. The molecule has 2 rings (SSSR count). The van der Waals surface area contributed by atoms with Crippen LogP contribution in [0.2, 0.25) is 0 Å². The molecule has 0 aromatic heterocycles. The highest BCUT2D eigenvalue weighted by Gasteiger charge is 2.06. The van der Waals surface area contributed by atoms with Crippen LogP contribution in [0.1, 0.15) is 17.6 Å². The van der Waals surface area contributed by atoms with E-state index in [1.54, 1.807) is 36.4 Å². The van der Waals surface area contributed by atoms with Crippen LogP contribution in [0.15, 0.2) is 48.5 Å². The largest absolute Gasteiger partial charge is 0.508 e. The number of alkyl halides is 2. The van der Waals surface area contributed by atoms with Gasteiger partial charge in [0, 0.05) is 23.9 Å². The van der Waals surface area contributed by atoms with Crippen molar-refractivity contribution in [3.8, 4) is 5.75 Å². The first-order valence-corrected chi connectivity index (χ1v) is 5.55. The number of benzene rings is 2. The average Bonchev–Trinajstić information content (AvgIpc) is 2.37. The fourth-order valence-electron chi connectivity index (χ4n) is 1.66. The minimum absolute atomic E-state index is 0.0187. The molecule has 0 aliphatic heterocycles. The molecule has 0 amide bonds. The molecule has 0 atom stereocenters. The van der Waals surface area contributed by atoms with Crippen molar-refractivity contribution in [1.82, 2.24) is 0 Å². The highest BCUT2D eigenvalue weighted by molar-refractivity contribution is 5.48. The van der Waals surface area contributed by atoms with Crippen LogP contribution in [0.5, 0.6) is 5.75 Å². The molecule has 94 valence electrons. The van der Waals surface area contributed by atoms with Gasteiger partial charge in [-0.05, 0) is 23.8 Å². The van der Waals surface area contributed by atoms with Crippen molar-refractivity contribution in [2.24, 2.45) is 0 Å². The van der Waals surface area contributed by atoms with Crippen molar-refractivity contribution in [2.45, 2.75) is 13.0 Å².